The van der Waals surface area contributed by atoms with E-state index < -0.39 is 0 Å². The van der Waals surface area contributed by atoms with Crippen molar-refractivity contribution in [3.05, 3.63) is 30.1 Å². The SMILES string of the molecule is CCCn1cncc1CNc1cn(C)nc1CC. The maximum Gasteiger partial charge on any atom is 0.0948 e. The lowest BCUT2D eigenvalue weighted by Gasteiger charge is -2.08. The molecule has 0 spiro atoms. The van der Waals surface area contributed by atoms with Gasteiger partial charge in [0.15, 0.2) is 0 Å². The summed E-state index contributed by atoms with van der Waals surface area (Å²) in [5, 5.41) is 7.86. The monoisotopic (exact) mass is 247 g/mol. The minimum absolute atomic E-state index is 0.790. The van der Waals surface area contributed by atoms with Crippen molar-refractivity contribution in [2.24, 2.45) is 7.05 Å². The average Bonchev–Trinajstić information content (AvgIpc) is 2.93. The Balaban J connectivity index is 2.04. The van der Waals surface area contributed by atoms with E-state index in [1.54, 1.807) is 0 Å². The van der Waals surface area contributed by atoms with Crippen molar-refractivity contribution in [1.82, 2.24) is 19.3 Å². The molecule has 0 unspecified atom stereocenters. The lowest BCUT2D eigenvalue weighted by Crippen LogP contribution is -2.07. The number of hydrogen-bond donors (Lipinski definition) is 1. The molecular weight excluding hydrogens is 226 g/mol. The number of aromatic nitrogens is 4. The van der Waals surface area contributed by atoms with Gasteiger partial charge in [0.2, 0.25) is 0 Å². The fourth-order valence-electron chi connectivity index (χ4n) is 2.07. The molecule has 2 aromatic rings. The maximum absolute atomic E-state index is 4.42. The average molecular weight is 247 g/mol. The molecular formula is C13H21N5. The molecule has 0 aliphatic carbocycles. The first-order chi connectivity index (χ1) is 8.74. The smallest absolute Gasteiger partial charge is 0.0948 e. The highest BCUT2D eigenvalue weighted by atomic mass is 15.3. The molecule has 0 radical (unpaired) electrons. The van der Waals surface area contributed by atoms with Gasteiger partial charge in [-0.3, -0.25) is 4.68 Å². The minimum Gasteiger partial charge on any atom is -0.377 e. The van der Waals surface area contributed by atoms with Gasteiger partial charge in [-0.1, -0.05) is 13.8 Å². The van der Waals surface area contributed by atoms with Crippen molar-refractivity contribution in [3.63, 3.8) is 0 Å². The first kappa shape index (κ1) is 12.7. The molecule has 0 aromatic carbocycles. The van der Waals surface area contributed by atoms with Crippen molar-refractivity contribution >= 4 is 5.69 Å². The van der Waals surface area contributed by atoms with Crippen molar-refractivity contribution in [2.75, 3.05) is 5.32 Å². The van der Waals surface area contributed by atoms with E-state index >= 15 is 0 Å². The van der Waals surface area contributed by atoms with Crippen molar-refractivity contribution in [3.8, 4) is 0 Å². The lowest BCUT2D eigenvalue weighted by molar-refractivity contribution is 0.651. The van der Waals surface area contributed by atoms with Crippen LogP contribution >= 0.6 is 0 Å². The Kier molecular flexibility index (Phi) is 4.02. The highest BCUT2D eigenvalue weighted by molar-refractivity contribution is 5.46. The molecule has 0 amide bonds. The minimum atomic E-state index is 0.790. The van der Waals surface area contributed by atoms with E-state index in [1.807, 2.05) is 30.5 Å². The van der Waals surface area contributed by atoms with Crippen LogP contribution in [0.15, 0.2) is 18.7 Å². The third kappa shape index (κ3) is 2.72. The Bertz CT molecular complexity index is 497. The molecule has 18 heavy (non-hydrogen) atoms. The molecule has 1 N–H and O–H groups in total. The zero-order valence-electron chi connectivity index (χ0n) is 11.3. The molecule has 2 heterocycles. The van der Waals surface area contributed by atoms with Gasteiger partial charge in [0.05, 0.1) is 29.9 Å². The first-order valence-electron chi connectivity index (χ1n) is 6.50. The molecule has 0 saturated heterocycles. The second kappa shape index (κ2) is 5.71. The summed E-state index contributed by atoms with van der Waals surface area (Å²) in [6.45, 7) is 6.10. The van der Waals surface area contributed by atoms with Crippen LogP contribution in [0, 0.1) is 0 Å². The third-order valence-corrected chi connectivity index (χ3v) is 2.96. The molecule has 0 aliphatic rings. The van der Waals surface area contributed by atoms with Gasteiger partial charge in [0.25, 0.3) is 0 Å². The molecule has 0 fully saturated rings. The van der Waals surface area contributed by atoms with Crippen molar-refractivity contribution in [2.45, 2.75) is 39.8 Å². The number of nitrogens with zero attached hydrogens (tertiary/aromatic N) is 4. The van der Waals surface area contributed by atoms with Crippen LogP contribution in [0.4, 0.5) is 5.69 Å². The van der Waals surface area contributed by atoms with Crippen LogP contribution in [0.1, 0.15) is 31.7 Å². The highest BCUT2D eigenvalue weighted by Gasteiger charge is 2.06. The van der Waals surface area contributed by atoms with Gasteiger partial charge in [-0.05, 0) is 12.8 Å². The summed E-state index contributed by atoms with van der Waals surface area (Å²) in [6.07, 6.45) is 7.91. The van der Waals surface area contributed by atoms with E-state index in [4.69, 9.17) is 0 Å². The second-order valence-corrected chi connectivity index (χ2v) is 4.45. The summed E-state index contributed by atoms with van der Waals surface area (Å²) >= 11 is 0. The number of rotatable bonds is 6. The fraction of sp³-hybridized carbons (Fsp3) is 0.538. The molecule has 0 saturated carbocycles. The van der Waals surface area contributed by atoms with Crippen LogP contribution in [0.25, 0.3) is 0 Å². The Labute approximate surface area is 108 Å². The summed E-state index contributed by atoms with van der Waals surface area (Å²) in [4.78, 5) is 4.20. The van der Waals surface area contributed by atoms with E-state index in [0.29, 0.717) is 0 Å². The van der Waals surface area contributed by atoms with E-state index in [0.717, 1.165) is 37.3 Å². The zero-order chi connectivity index (χ0) is 13.0. The lowest BCUT2D eigenvalue weighted by atomic mass is 10.3. The molecule has 5 nitrogen and oxygen atoms in total. The molecule has 98 valence electrons. The number of hydrogen-bond acceptors (Lipinski definition) is 3. The van der Waals surface area contributed by atoms with E-state index in [9.17, 15) is 0 Å². The van der Waals surface area contributed by atoms with Gasteiger partial charge < -0.3 is 9.88 Å². The summed E-state index contributed by atoms with van der Waals surface area (Å²) in [5.41, 5.74) is 3.44. The van der Waals surface area contributed by atoms with Crippen LogP contribution in [-0.4, -0.2) is 19.3 Å². The van der Waals surface area contributed by atoms with Gasteiger partial charge >= 0.3 is 0 Å². The summed E-state index contributed by atoms with van der Waals surface area (Å²) in [7, 11) is 1.95. The molecule has 0 aliphatic heterocycles. The quantitative estimate of drug-likeness (QED) is 0.851. The summed E-state index contributed by atoms with van der Waals surface area (Å²) < 4.78 is 4.04. The highest BCUT2D eigenvalue weighted by Crippen LogP contribution is 2.15. The maximum atomic E-state index is 4.42. The van der Waals surface area contributed by atoms with Gasteiger partial charge in [0.1, 0.15) is 0 Å². The number of anilines is 1. The van der Waals surface area contributed by atoms with Crippen LogP contribution in [-0.2, 0) is 26.6 Å². The Morgan fingerprint density at radius 3 is 2.89 bits per heavy atom. The Hall–Kier alpha value is -1.78. The predicted octanol–water partition coefficient (Wildman–Crippen LogP) is 2.20. The number of imidazole rings is 1. The largest absolute Gasteiger partial charge is 0.377 e. The second-order valence-electron chi connectivity index (χ2n) is 4.45. The zero-order valence-corrected chi connectivity index (χ0v) is 11.3. The molecule has 5 heteroatoms. The van der Waals surface area contributed by atoms with Crippen LogP contribution in [0.3, 0.4) is 0 Å². The van der Waals surface area contributed by atoms with Gasteiger partial charge in [-0.2, -0.15) is 5.10 Å². The van der Waals surface area contributed by atoms with Crippen molar-refractivity contribution in [1.29, 1.82) is 0 Å². The van der Waals surface area contributed by atoms with E-state index in [2.05, 4.69) is 33.8 Å². The van der Waals surface area contributed by atoms with Crippen LogP contribution < -0.4 is 5.32 Å². The first-order valence-corrected chi connectivity index (χ1v) is 6.50. The van der Waals surface area contributed by atoms with Gasteiger partial charge in [-0.25, -0.2) is 4.98 Å². The van der Waals surface area contributed by atoms with Gasteiger partial charge in [-0.15, -0.1) is 0 Å². The van der Waals surface area contributed by atoms with E-state index in [1.165, 1.54) is 5.69 Å². The molecule has 2 rings (SSSR count). The fourth-order valence-corrected chi connectivity index (χ4v) is 2.07. The van der Waals surface area contributed by atoms with Crippen molar-refractivity contribution < 1.29 is 0 Å². The van der Waals surface area contributed by atoms with Gasteiger partial charge in [0, 0.05) is 26.0 Å². The van der Waals surface area contributed by atoms with E-state index in [-0.39, 0.29) is 0 Å². The standard InChI is InChI=1S/C13H21N5/c1-4-6-18-10-14-7-11(18)8-15-13-9-17(3)16-12(13)5-2/h7,9-10,15H,4-6,8H2,1-3H3. The molecule has 0 bridgehead atoms. The normalized spacial score (nSPS) is 10.8. The number of nitrogens with one attached hydrogen (secondary N) is 1. The third-order valence-electron chi connectivity index (χ3n) is 2.96. The summed E-state index contributed by atoms with van der Waals surface area (Å²) in [5.74, 6) is 0. The summed E-state index contributed by atoms with van der Waals surface area (Å²) in [6, 6.07) is 0. The molecule has 0 atom stereocenters. The predicted molar refractivity (Wildman–Crippen MR) is 72.4 cm³/mol. The Morgan fingerprint density at radius 1 is 1.33 bits per heavy atom. The molecule has 2 aromatic heterocycles. The topological polar surface area (TPSA) is 47.7 Å². The Morgan fingerprint density at radius 2 is 2.17 bits per heavy atom. The van der Waals surface area contributed by atoms with Crippen LogP contribution in [0.5, 0.6) is 0 Å². The number of aryl methyl sites for hydroxylation is 3. The van der Waals surface area contributed by atoms with Crippen LogP contribution in [0.2, 0.25) is 0 Å².